The van der Waals surface area contributed by atoms with Crippen LogP contribution in [0.1, 0.15) is 11.1 Å². The summed E-state index contributed by atoms with van der Waals surface area (Å²) in [7, 11) is 0. The first-order valence-corrected chi connectivity index (χ1v) is 9.78. The molecule has 0 saturated heterocycles. The maximum absolute atomic E-state index is 12.3. The largest absolute Gasteiger partial charge is 0.508 e. The fourth-order valence-corrected chi connectivity index (χ4v) is 3.54. The van der Waals surface area contributed by atoms with Gasteiger partial charge in [-0.05, 0) is 48.4 Å². The fourth-order valence-electron chi connectivity index (χ4n) is 3.54. The molecule has 0 spiro atoms. The number of fused-ring (bicyclic) bond motifs is 2. The van der Waals surface area contributed by atoms with E-state index >= 15 is 0 Å². The van der Waals surface area contributed by atoms with Gasteiger partial charge in [0.25, 0.3) is 5.91 Å². The number of ether oxygens (including phenoxy) is 1. The molecule has 1 unspecified atom stereocenters. The van der Waals surface area contributed by atoms with Gasteiger partial charge in [-0.3, -0.25) is 4.79 Å². The molecule has 2 aromatic heterocycles. The van der Waals surface area contributed by atoms with Crippen LogP contribution in [0.5, 0.6) is 11.5 Å². The molecule has 0 aliphatic carbocycles. The van der Waals surface area contributed by atoms with Crippen LogP contribution in [0.3, 0.4) is 0 Å². The zero-order valence-electron chi connectivity index (χ0n) is 17.0. The van der Waals surface area contributed by atoms with Crippen molar-refractivity contribution in [3.63, 3.8) is 0 Å². The zero-order valence-corrected chi connectivity index (χ0v) is 17.0. The number of aromatic nitrogens is 1. The highest BCUT2D eigenvalue weighted by Crippen LogP contribution is 2.24. The highest BCUT2D eigenvalue weighted by atomic mass is 16.5. The summed E-state index contributed by atoms with van der Waals surface area (Å²) in [5.74, 6) is -1.45. The molecule has 0 aliphatic rings. The summed E-state index contributed by atoms with van der Waals surface area (Å²) < 4.78 is 10.6. The second-order valence-electron chi connectivity index (χ2n) is 7.40. The Morgan fingerprint density at radius 1 is 1.16 bits per heavy atom. The molecule has 0 saturated carbocycles. The van der Waals surface area contributed by atoms with Gasteiger partial charge in [-0.25, -0.2) is 9.59 Å². The quantitative estimate of drug-likeness (QED) is 0.326. The molecule has 2 heterocycles. The molecule has 4 N–H and O–H groups in total. The Bertz CT molecular complexity index is 1390. The van der Waals surface area contributed by atoms with E-state index in [4.69, 9.17) is 9.15 Å². The molecule has 9 nitrogen and oxygen atoms in total. The number of aromatic hydroxyl groups is 1. The molecule has 4 rings (SSSR count). The molecule has 1 atom stereocenters. The van der Waals surface area contributed by atoms with Crippen LogP contribution in [0.2, 0.25) is 0 Å². The highest BCUT2D eigenvalue weighted by Gasteiger charge is 2.22. The van der Waals surface area contributed by atoms with Crippen LogP contribution in [-0.4, -0.2) is 39.7 Å². The Morgan fingerprint density at radius 3 is 2.75 bits per heavy atom. The lowest BCUT2D eigenvalue weighted by Crippen LogP contribution is -2.44. The Labute approximate surface area is 181 Å². The SMILES string of the molecule is Cc1cc(=O)oc2cc(OCC(=O)NC(Cc3c[nH]c4ccc(O)cc34)C(=O)O)ccc12. The summed E-state index contributed by atoms with van der Waals surface area (Å²) in [6.45, 7) is 1.37. The Kier molecular flexibility index (Phi) is 5.55. The molecule has 4 aromatic rings. The minimum Gasteiger partial charge on any atom is -0.508 e. The van der Waals surface area contributed by atoms with Gasteiger partial charge >= 0.3 is 11.6 Å². The van der Waals surface area contributed by atoms with Crippen molar-refractivity contribution in [2.75, 3.05) is 6.61 Å². The van der Waals surface area contributed by atoms with Gasteiger partial charge in [0, 0.05) is 41.0 Å². The van der Waals surface area contributed by atoms with E-state index in [0.717, 1.165) is 16.5 Å². The standard InChI is InChI=1S/C23H20N2O7/c1-12-6-22(28)32-20-9-15(3-4-16(12)20)31-11-21(27)25-19(23(29)30)7-13-10-24-18-5-2-14(26)8-17(13)18/h2-6,8-10,19,24,26H,7,11H2,1H3,(H,25,27)(H,29,30). The molecule has 0 fully saturated rings. The van der Waals surface area contributed by atoms with Crippen molar-refractivity contribution >= 4 is 33.7 Å². The van der Waals surface area contributed by atoms with Gasteiger partial charge in [0.1, 0.15) is 23.1 Å². The summed E-state index contributed by atoms with van der Waals surface area (Å²) in [5, 5.41) is 23.1. The van der Waals surface area contributed by atoms with Crippen molar-refractivity contribution in [1.82, 2.24) is 10.3 Å². The lowest BCUT2D eigenvalue weighted by molar-refractivity contribution is -0.142. The Morgan fingerprint density at radius 2 is 1.97 bits per heavy atom. The summed E-state index contributed by atoms with van der Waals surface area (Å²) in [6.07, 6.45) is 1.67. The predicted molar refractivity (Wildman–Crippen MR) is 116 cm³/mol. The van der Waals surface area contributed by atoms with Gasteiger partial charge < -0.3 is 29.7 Å². The smallest absolute Gasteiger partial charge is 0.336 e. The first kappa shape index (κ1) is 21.0. The Balaban J connectivity index is 1.43. The van der Waals surface area contributed by atoms with Gasteiger partial charge in [0.05, 0.1) is 0 Å². The average Bonchev–Trinajstić information content (AvgIpc) is 3.13. The number of nitrogens with one attached hydrogen (secondary N) is 2. The molecule has 0 aliphatic heterocycles. The number of phenols is 1. The van der Waals surface area contributed by atoms with Crippen LogP contribution < -0.4 is 15.7 Å². The number of carboxylic acid groups (broad SMARTS) is 1. The second-order valence-corrected chi connectivity index (χ2v) is 7.40. The van der Waals surface area contributed by atoms with Gasteiger partial charge in [-0.15, -0.1) is 0 Å². The van der Waals surface area contributed by atoms with Crippen LogP contribution in [0.15, 0.2) is 57.9 Å². The van der Waals surface area contributed by atoms with E-state index in [-0.39, 0.29) is 12.2 Å². The predicted octanol–water partition coefficient (Wildman–Crippen LogP) is 2.48. The molecule has 2 aromatic carbocycles. The molecule has 1 amide bonds. The number of hydrogen-bond donors (Lipinski definition) is 4. The topological polar surface area (TPSA) is 142 Å². The summed E-state index contributed by atoms with van der Waals surface area (Å²) >= 11 is 0. The number of carbonyl (C=O) groups is 2. The number of aromatic amines is 1. The van der Waals surface area contributed by atoms with Crippen molar-refractivity contribution in [3.05, 3.63) is 70.2 Å². The van der Waals surface area contributed by atoms with Gasteiger partial charge in [0.15, 0.2) is 6.61 Å². The minimum atomic E-state index is -1.20. The van der Waals surface area contributed by atoms with Gasteiger partial charge in [0.2, 0.25) is 0 Å². The minimum absolute atomic E-state index is 0.0188. The van der Waals surface area contributed by atoms with E-state index in [1.54, 1.807) is 31.3 Å². The second kappa shape index (κ2) is 8.46. The van der Waals surface area contributed by atoms with Crippen LogP contribution in [0.4, 0.5) is 0 Å². The number of rotatable bonds is 7. The third-order valence-corrected chi connectivity index (χ3v) is 5.10. The molecule has 9 heteroatoms. The number of phenolic OH excluding ortho intramolecular Hbond substituents is 1. The van der Waals surface area contributed by atoms with E-state index in [1.165, 1.54) is 24.3 Å². The monoisotopic (exact) mass is 436 g/mol. The number of carbonyl (C=O) groups excluding carboxylic acids is 1. The van der Waals surface area contributed by atoms with E-state index in [2.05, 4.69) is 10.3 Å². The summed E-state index contributed by atoms with van der Waals surface area (Å²) in [4.78, 5) is 38.6. The molecular formula is C23H20N2O7. The van der Waals surface area contributed by atoms with Crippen LogP contribution >= 0.6 is 0 Å². The third kappa shape index (κ3) is 4.41. The van der Waals surface area contributed by atoms with Crippen molar-refractivity contribution in [3.8, 4) is 11.5 Å². The number of benzene rings is 2. The lowest BCUT2D eigenvalue weighted by Gasteiger charge is -2.15. The highest BCUT2D eigenvalue weighted by molar-refractivity contribution is 5.88. The summed E-state index contributed by atoms with van der Waals surface area (Å²) in [5.41, 5.74) is 1.99. The molecular weight excluding hydrogens is 416 g/mol. The van der Waals surface area contributed by atoms with Gasteiger partial charge in [-0.2, -0.15) is 0 Å². The average molecular weight is 436 g/mol. The van der Waals surface area contributed by atoms with Crippen molar-refractivity contribution in [2.45, 2.75) is 19.4 Å². The molecule has 164 valence electrons. The number of carboxylic acids is 1. The lowest BCUT2D eigenvalue weighted by atomic mass is 10.0. The summed E-state index contributed by atoms with van der Waals surface area (Å²) in [6, 6.07) is 9.79. The van der Waals surface area contributed by atoms with Crippen molar-refractivity contribution < 1.29 is 29.0 Å². The van der Waals surface area contributed by atoms with E-state index in [0.29, 0.717) is 22.3 Å². The van der Waals surface area contributed by atoms with E-state index in [9.17, 15) is 24.6 Å². The first-order valence-electron chi connectivity index (χ1n) is 9.78. The number of H-pyrrole nitrogens is 1. The Hall–Kier alpha value is -4.27. The number of aryl methyl sites for hydroxylation is 1. The van der Waals surface area contributed by atoms with E-state index < -0.39 is 30.2 Å². The maximum Gasteiger partial charge on any atom is 0.336 e. The number of hydrogen-bond acceptors (Lipinski definition) is 6. The number of amides is 1. The first-order chi connectivity index (χ1) is 15.3. The van der Waals surface area contributed by atoms with E-state index in [1.807, 2.05) is 0 Å². The normalized spacial score (nSPS) is 12.0. The van der Waals surface area contributed by atoms with Crippen LogP contribution in [0, 0.1) is 6.92 Å². The van der Waals surface area contributed by atoms with Crippen LogP contribution in [-0.2, 0) is 16.0 Å². The third-order valence-electron chi connectivity index (χ3n) is 5.10. The van der Waals surface area contributed by atoms with Crippen molar-refractivity contribution in [2.24, 2.45) is 0 Å². The molecule has 0 bridgehead atoms. The number of aliphatic carboxylic acids is 1. The molecule has 0 radical (unpaired) electrons. The van der Waals surface area contributed by atoms with Crippen LogP contribution in [0.25, 0.3) is 21.9 Å². The maximum atomic E-state index is 12.3. The van der Waals surface area contributed by atoms with Crippen molar-refractivity contribution in [1.29, 1.82) is 0 Å². The zero-order chi connectivity index (χ0) is 22.8. The van der Waals surface area contributed by atoms with Gasteiger partial charge in [-0.1, -0.05) is 0 Å². The fraction of sp³-hybridized carbons (Fsp3) is 0.174. The molecule has 32 heavy (non-hydrogen) atoms.